The summed E-state index contributed by atoms with van der Waals surface area (Å²) in [6, 6.07) is 6.57. The van der Waals surface area contributed by atoms with Gasteiger partial charge in [-0.15, -0.1) is 0 Å². The lowest BCUT2D eigenvalue weighted by molar-refractivity contribution is -0.155. The van der Waals surface area contributed by atoms with Crippen molar-refractivity contribution in [1.82, 2.24) is 10.2 Å². The van der Waals surface area contributed by atoms with Crippen LogP contribution in [0.1, 0.15) is 70.8 Å². The highest BCUT2D eigenvalue weighted by atomic mass is 16.5. The van der Waals surface area contributed by atoms with Crippen molar-refractivity contribution < 1.29 is 19.1 Å². The summed E-state index contributed by atoms with van der Waals surface area (Å²) in [5.41, 5.74) is 1.61. The second kappa shape index (κ2) is 10.3. The van der Waals surface area contributed by atoms with Gasteiger partial charge in [-0.2, -0.15) is 0 Å². The third-order valence-corrected chi connectivity index (χ3v) is 5.78. The summed E-state index contributed by atoms with van der Waals surface area (Å²) in [6.45, 7) is 15.3. The van der Waals surface area contributed by atoms with Crippen LogP contribution in [0.5, 0.6) is 0 Å². The maximum Gasteiger partial charge on any atom is 0.329 e. The molecular weight excluding hydrogens is 392 g/mol. The van der Waals surface area contributed by atoms with E-state index < -0.39 is 12.0 Å². The van der Waals surface area contributed by atoms with Crippen LogP contribution in [-0.2, 0) is 19.7 Å². The molecule has 0 bridgehead atoms. The minimum atomic E-state index is -0.818. The zero-order chi connectivity index (χ0) is 23.3. The SMILES string of the molecule is CC(C)[C@H](NC(=O)c1ccc(C(C)(C)C)cc1)C(=O)OCC(=O)N1C[C@@H](C)C[C@H](C)C1. The highest BCUT2D eigenvalue weighted by molar-refractivity contribution is 5.97. The summed E-state index contributed by atoms with van der Waals surface area (Å²) < 4.78 is 5.31. The fourth-order valence-corrected chi connectivity index (χ4v) is 4.02. The second-order valence-electron chi connectivity index (χ2n) is 10.4. The third-order valence-electron chi connectivity index (χ3n) is 5.78. The Bertz CT molecular complexity index is 770. The third kappa shape index (κ3) is 7.08. The van der Waals surface area contributed by atoms with E-state index >= 15 is 0 Å². The average molecular weight is 431 g/mol. The molecule has 2 rings (SSSR count). The van der Waals surface area contributed by atoms with Crippen molar-refractivity contribution in [3.63, 3.8) is 0 Å². The van der Waals surface area contributed by atoms with Crippen molar-refractivity contribution in [2.24, 2.45) is 17.8 Å². The maximum atomic E-state index is 12.7. The van der Waals surface area contributed by atoms with Crippen LogP contribution in [-0.4, -0.2) is 48.4 Å². The van der Waals surface area contributed by atoms with Crippen molar-refractivity contribution in [2.75, 3.05) is 19.7 Å². The summed E-state index contributed by atoms with van der Waals surface area (Å²) in [5.74, 6) is -0.387. The smallest absolute Gasteiger partial charge is 0.329 e. The van der Waals surface area contributed by atoms with Gasteiger partial charge < -0.3 is 15.0 Å². The van der Waals surface area contributed by atoms with Crippen molar-refractivity contribution in [1.29, 1.82) is 0 Å². The number of hydrogen-bond acceptors (Lipinski definition) is 4. The largest absolute Gasteiger partial charge is 0.454 e. The number of hydrogen-bond donors (Lipinski definition) is 1. The second-order valence-corrected chi connectivity index (χ2v) is 10.4. The summed E-state index contributed by atoms with van der Waals surface area (Å²) in [7, 11) is 0. The van der Waals surface area contributed by atoms with E-state index in [1.807, 2.05) is 26.0 Å². The van der Waals surface area contributed by atoms with E-state index in [1.54, 1.807) is 17.0 Å². The lowest BCUT2D eigenvalue weighted by Gasteiger charge is -2.35. The predicted octanol–water partition coefficient (Wildman–Crippen LogP) is 3.79. The van der Waals surface area contributed by atoms with Crippen LogP contribution in [0.15, 0.2) is 24.3 Å². The summed E-state index contributed by atoms with van der Waals surface area (Å²) in [5, 5.41) is 2.77. The van der Waals surface area contributed by atoms with Gasteiger partial charge in [0.2, 0.25) is 0 Å². The Morgan fingerprint density at radius 3 is 2.10 bits per heavy atom. The van der Waals surface area contributed by atoms with Gasteiger partial charge in [-0.1, -0.05) is 60.6 Å². The molecule has 2 amide bonds. The molecule has 31 heavy (non-hydrogen) atoms. The monoisotopic (exact) mass is 430 g/mol. The zero-order valence-electron chi connectivity index (χ0n) is 20.0. The van der Waals surface area contributed by atoms with Crippen LogP contribution in [0.25, 0.3) is 0 Å². The van der Waals surface area contributed by atoms with E-state index in [0.29, 0.717) is 30.5 Å². The minimum Gasteiger partial charge on any atom is -0.454 e. The van der Waals surface area contributed by atoms with Crippen molar-refractivity contribution in [3.8, 4) is 0 Å². The van der Waals surface area contributed by atoms with Gasteiger partial charge in [0.05, 0.1) is 0 Å². The molecule has 6 nitrogen and oxygen atoms in total. The summed E-state index contributed by atoms with van der Waals surface area (Å²) in [6.07, 6.45) is 1.10. The molecular formula is C25H38N2O4. The molecule has 1 N–H and O–H groups in total. The molecule has 0 spiro atoms. The molecule has 1 saturated heterocycles. The topological polar surface area (TPSA) is 75.7 Å². The summed E-state index contributed by atoms with van der Waals surface area (Å²) >= 11 is 0. The summed E-state index contributed by atoms with van der Waals surface area (Å²) in [4.78, 5) is 39.6. The molecule has 0 unspecified atom stereocenters. The Hall–Kier alpha value is -2.37. The number of nitrogens with zero attached hydrogens (tertiary/aromatic N) is 1. The van der Waals surface area contributed by atoms with Gasteiger partial charge >= 0.3 is 5.97 Å². The van der Waals surface area contributed by atoms with Crippen LogP contribution in [0.3, 0.4) is 0 Å². The van der Waals surface area contributed by atoms with Crippen LogP contribution in [0, 0.1) is 17.8 Å². The van der Waals surface area contributed by atoms with Gasteiger partial charge in [-0.3, -0.25) is 9.59 Å². The normalized spacial score (nSPS) is 20.3. The first kappa shape index (κ1) is 24.9. The molecule has 1 fully saturated rings. The highest BCUT2D eigenvalue weighted by Crippen LogP contribution is 2.23. The van der Waals surface area contributed by atoms with Crippen molar-refractivity contribution >= 4 is 17.8 Å². The van der Waals surface area contributed by atoms with Gasteiger partial charge in [-0.05, 0) is 47.3 Å². The van der Waals surface area contributed by atoms with E-state index in [0.717, 1.165) is 12.0 Å². The van der Waals surface area contributed by atoms with Crippen LogP contribution < -0.4 is 5.32 Å². The van der Waals surface area contributed by atoms with Gasteiger partial charge in [0.25, 0.3) is 11.8 Å². The van der Waals surface area contributed by atoms with Gasteiger partial charge in [-0.25, -0.2) is 4.79 Å². The molecule has 6 heteroatoms. The fraction of sp³-hybridized carbons (Fsp3) is 0.640. The number of carbonyl (C=O) groups is 3. The molecule has 1 heterocycles. The Kier molecular flexibility index (Phi) is 8.27. The van der Waals surface area contributed by atoms with E-state index in [9.17, 15) is 14.4 Å². The quantitative estimate of drug-likeness (QED) is 0.697. The Balaban J connectivity index is 1.96. The average Bonchev–Trinajstić information content (AvgIpc) is 2.68. The van der Waals surface area contributed by atoms with E-state index in [2.05, 4.69) is 39.9 Å². The van der Waals surface area contributed by atoms with Gasteiger partial charge in [0, 0.05) is 18.7 Å². The number of likely N-dealkylation sites (tertiary alicyclic amines) is 1. The van der Waals surface area contributed by atoms with Crippen LogP contribution in [0.2, 0.25) is 0 Å². The minimum absolute atomic E-state index is 0.00421. The molecule has 1 aromatic carbocycles. The molecule has 172 valence electrons. The highest BCUT2D eigenvalue weighted by Gasteiger charge is 2.29. The first-order valence-corrected chi connectivity index (χ1v) is 11.2. The van der Waals surface area contributed by atoms with E-state index in [1.165, 1.54) is 0 Å². The predicted molar refractivity (Wildman–Crippen MR) is 122 cm³/mol. The van der Waals surface area contributed by atoms with Crippen LogP contribution >= 0.6 is 0 Å². The van der Waals surface area contributed by atoms with Gasteiger partial charge in [0.1, 0.15) is 6.04 Å². The lowest BCUT2D eigenvalue weighted by atomic mass is 9.86. The molecule has 0 radical (unpaired) electrons. The first-order valence-electron chi connectivity index (χ1n) is 11.2. The molecule has 0 aromatic heterocycles. The van der Waals surface area contributed by atoms with E-state index in [4.69, 9.17) is 4.74 Å². The number of piperidine rings is 1. The van der Waals surface area contributed by atoms with Crippen molar-refractivity contribution in [2.45, 2.75) is 66.3 Å². The Morgan fingerprint density at radius 1 is 1.06 bits per heavy atom. The fourth-order valence-electron chi connectivity index (χ4n) is 4.02. The number of benzene rings is 1. The van der Waals surface area contributed by atoms with Crippen LogP contribution in [0.4, 0.5) is 0 Å². The molecule has 0 aliphatic carbocycles. The first-order chi connectivity index (χ1) is 14.4. The van der Waals surface area contributed by atoms with E-state index in [-0.39, 0.29) is 29.8 Å². The number of carbonyl (C=O) groups excluding carboxylic acids is 3. The Morgan fingerprint density at radius 2 is 1.61 bits per heavy atom. The maximum absolute atomic E-state index is 12.7. The molecule has 1 aliphatic heterocycles. The standard InChI is InChI=1S/C25H38N2O4/c1-16(2)22(26-23(29)19-8-10-20(11-9-19)25(5,6)7)24(30)31-15-21(28)27-13-17(3)12-18(4)14-27/h8-11,16-18,22H,12-15H2,1-7H3,(H,26,29)/t17-,18-,22-/m0/s1. The number of esters is 1. The van der Waals surface area contributed by atoms with Gasteiger partial charge in [0.15, 0.2) is 6.61 Å². The number of rotatable bonds is 6. The number of ether oxygens (including phenoxy) is 1. The molecule has 3 atom stereocenters. The Labute approximate surface area is 186 Å². The zero-order valence-corrected chi connectivity index (χ0v) is 20.0. The molecule has 1 aliphatic rings. The number of amides is 2. The van der Waals surface area contributed by atoms with Crippen molar-refractivity contribution in [3.05, 3.63) is 35.4 Å². The molecule has 0 saturated carbocycles. The lowest BCUT2D eigenvalue weighted by Crippen LogP contribution is -2.47. The number of nitrogens with one attached hydrogen (secondary N) is 1. The molecule has 1 aromatic rings.